The fourth-order valence-corrected chi connectivity index (χ4v) is 4.05. The average Bonchev–Trinajstić information content (AvgIpc) is 3.18. The Kier molecular flexibility index (Phi) is 4.18. The lowest BCUT2D eigenvalue weighted by atomic mass is 10.1. The van der Waals surface area contributed by atoms with Gasteiger partial charge in [0, 0.05) is 16.8 Å². The maximum Gasteiger partial charge on any atom is 0.255 e. The molecule has 138 valence electrons. The molecule has 0 saturated carbocycles. The first-order valence-corrected chi connectivity index (χ1v) is 9.75. The normalized spacial score (nSPS) is 12.7. The summed E-state index contributed by atoms with van der Waals surface area (Å²) < 4.78 is 12.2. The summed E-state index contributed by atoms with van der Waals surface area (Å²) in [6.07, 6.45) is 0. The fraction of sp³-hybridized carbons (Fsp3) is 0.0909. The largest absolute Gasteiger partial charge is 0.486 e. The molecule has 0 aliphatic carbocycles. The summed E-state index contributed by atoms with van der Waals surface area (Å²) in [5, 5.41) is 3.88. The minimum Gasteiger partial charge on any atom is -0.486 e. The van der Waals surface area contributed by atoms with Gasteiger partial charge in [0.1, 0.15) is 18.2 Å². The highest BCUT2D eigenvalue weighted by Crippen LogP contribution is 2.32. The van der Waals surface area contributed by atoms with Crippen molar-refractivity contribution >= 4 is 33.1 Å². The van der Waals surface area contributed by atoms with E-state index in [1.807, 2.05) is 42.5 Å². The zero-order valence-corrected chi connectivity index (χ0v) is 15.7. The fourth-order valence-electron chi connectivity index (χ4n) is 3.08. The molecule has 0 fully saturated rings. The van der Waals surface area contributed by atoms with E-state index in [1.165, 1.54) is 0 Å². The highest BCUT2D eigenvalue weighted by molar-refractivity contribution is 7.21. The van der Waals surface area contributed by atoms with Crippen molar-refractivity contribution in [2.75, 3.05) is 18.5 Å². The van der Waals surface area contributed by atoms with E-state index in [-0.39, 0.29) is 5.91 Å². The second-order valence-corrected chi connectivity index (χ2v) is 7.41. The van der Waals surface area contributed by atoms with Crippen LogP contribution in [0.5, 0.6) is 11.5 Å². The van der Waals surface area contributed by atoms with E-state index in [0.29, 0.717) is 30.3 Å². The molecule has 0 saturated heterocycles. The van der Waals surface area contributed by atoms with Gasteiger partial charge in [-0.3, -0.25) is 4.79 Å². The number of amides is 1. The predicted molar refractivity (Wildman–Crippen MR) is 110 cm³/mol. The molecule has 1 aromatic heterocycles. The molecule has 5 rings (SSSR count). The zero-order valence-electron chi connectivity index (χ0n) is 14.8. The van der Waals surface area contributed by atoms with Gasteiger partial charge in [-0.15, -0.1) is 11.3 Å². The van der Waals surface area contributed by atoms with Crippen LogP contribution < -0.4 is 14.8 Å². The molecule has 0 atom stereocenters. The number of carbonyl (C=O) groups is 1. The summed E-state index contributed by atoms with van der Waals surface area (Å²) in [7, 11) is 0. The minimum atomic E-state index is -0.190. The molecule has 1 aliphatic rings. The van der Waals surface area contributed by atoms with Crippen LogP contribution in [-0.2, 0) is 0 Å². The second kappa shape index (κ2) is 6.98. The third-order valence-electron chi connectivity index (χ3n) is 4.49. The minimum absolute atomic E-state index is 0.190. The molecule has 5 nitrogen and oxygen atoms in total. The Labute approximate surface area is 165 Å². The van der Waals surface area contributed by atoms with Crippen molar-refractivity contribution < 1.29 is 14.3 Å². The number of para-hydroxylation sites is 1. The van der Waals surface area contributed by atoms with E-state index in [9.17, 15) is 4.79 Å². The Balaban J connectivity index is 1.34. The Morgan fingerprint density at radius 3 is 2.54 bits per heavy atom. The molecule has 1 N–H and O–H groups in total. The van der Waals surface area contributed by atoms with E-state index < -0.39 is 0 Å². The molecule has 1 aliphatic heterocycles. The third kappa shape index (κ3) is 3.18. The van der Waals surface area contributed by atoms with Crippen molar-refractivity contribution in [3.63, 3.8) is 0 Å². The Morgan fingerprint density at radius 1 is 0.929 bits per heavy atom. The van der Waals surface area contributed by atoms with Gasteiger partial charge < -0.3 is 14.8 Å². The molecule has 4 aromatic rings. The molecule has 3 aromatic carbocycles. The van der Waals surface area contributed by atoms with Gasteiger partial charge in [0.25, 0.3) is 5.91 Å². The summed E-state index contributed by atoms with van der Waals surface area (Å²) in [6, 6.07) is 21.0. The van der Waals surface area contributed by atoms with Crippen LogP contribution >= 0.6 is 11.3 Å². The van der Waals surface area contributed by atoms with Crippen molar-refractivity contribution in [1.82, 2.24) is 4.98 Å². The number of anilines is 1. The van der Waals surface area contributed by atoms with Gasteiger partial charge in [0.15, 0.2) is 11.5 Å². The van der Waals surface area contributed by atoms with Gasteiger partial charge in [-0.05, 0) is 54.6 Å². The molecule has 0 unspecified atom stereocenters. The van der Waals surface area contributed by atoms with Crippen molar-refractivity contribution in [3.8, 4) is 22.1 Å². The van der Waals surface area contributed by atoms with Crippen molar-refractivity contribution in [2.45, 2.75) is 0 Å². The summed E-state index contributed by atoms with van der Waals surface area (Å²) in [4.78, 5) is 17.2. The molecular weight excluding hydrogens is 372 g/mol. The number of aromatic nitrogens is 1. The topological polar surface area (TPSA) is 60.5 Å². The number of nitrogens with zero attached hydrogens (tertiary/aromatic N) is 1. The van der Waals surface area contributed by atoms with E-state index in [2.05, 4.69) is 16.4 Å². The third-order valence-corrected chi connectivity index (χ3v) is 5.57. The van der Waals surface area contributed by atoms with Crippen LogP contribution in [0.4, 0.5) is 5.69 Å². The number of nitrogens with one attached hydrogen (secondary N) is 1. The average molecular weight is 388 g/mol. The van der Waals surface area contributed by atoms with Crippen LogP contribution in [0.2, 0.25) is 0 Å². The molecular formula is C22H16N2O3S. The van der Waals surface area contributed by atoms with Crippen LogP contribution in [0.25, 0.3) is 20.8 Å². The first-order chi connectivity index (χ1) is 13.8. The van der Waals surface area contributed by atoms with Crippen molar-refractivity contribution in [3.05, 3.63) is 72.3 Å². The van der Waals surface area contributed by atoms with E-state index in [0.717, 1.165) is 26.5 Å². The first-order valence-electron chi connectivity index (χ1n) is 8.93. The number of hydrogen-bond donors (Lipinski definition) is 1. The summed E-state index contributed by atoms with van der Waals surface area (Å²) in [5.74, 6) is 1.08. The highest BCUT2D eigenvalue weighted by Gasteiger charge is 2.15. The van der Waals surface area contributed by atoms with Crippen LogP contribution in [-0.4, -0.2) is 24.1 Å². The number of fused-ring (bicyclic) bond motifs is 2. The molecule has 0 radical (unpaired) electrons. The smallest absolute Gasteiger partial charge is 0.255 e. The van der Waals surface area contributed by atoms with E-state index >= 15 is 0 Å². The summed E-state index contributed by atoms with van der Waals surface area (Å²) >= 11 is 1.66. The van der Waals surface area contributed by atoms with Crippen molar-refractivity contribution in [1.29, 1.82) is 0 Å². The van der Waals surface area contributed by atoms with Crippen LogP contribution in [0.3, 0.4) is 0 Å². The highest BCUT2D eigenvalue weighted by atomic mass is 32.1. The van der Waals surface area contributed by atoms with Gasteiger partial charge in [0.05, 0.1) is 10.2 Å². The standard InChI is InChI=1S/C22H16N2O3S/c25-21(15-7-10-18-19(13-15)27-12-11-26-18)23-16-8-5-14(6-9-16)22-24-17-3-1-2-4-20(17)28-22/h1-10,13H,11-12H2,(H,23,25). The molecule has 0 bridgehead atoms. The number of benzene rings is 3. The Morgan fingerprint density at radius 2 is 1.71 bits per heavy atom. The SMILES string of the molecule is O=C(Nc1ccc(-c2nc3ccccc3s2)cc1)c1ccc2c(c1)OCCO2. The molecule has 28 heavy (non-hydrogen) atoms. The monoisotopic (exact) mass is 388 g/mol. The summed E-state index contributed by atoms with van der Waals surface area (Å²) in [6.45, 7) is 1.02. The molecule has 2 heterocycles. The van der Waals surface area contributed by atoms with Crippen LogP contribution in [0, 0.1) is 0 Å². The molecule has 1 amide bonds. The van der Waals surface area contributed by atoms with Gasteiger partial charge in [-0.2, -0.15) is 0 Å². The van der Waals surface area contributed by atoms with Crippen LogP contribution in [0.1, 0.15) is 10.4 Å². The van der Waals surface area contributed by atoms with Crippen LogP contribution in [0.15, 0.2) is 66.7 Å². The lowest BCUT2D eigenvalue weighted by molar-refractivity contribution is 0.102. The first kappa shape index (κ1) is 16.8. The zero-order chi connectivity index (χ0) is 18.9. The lowest BCUT2D eigenvalue weighted by Crippen LogP contribution is -2.17. The number of rotatable bonds is 3. The molecule has 0 spiro atoms. The summed E-state index contributed by atoms with van der Waals surface area (Å²) in [5.41, 5.74) is 3.28. The Hall–Kier alpha value is -3.38. The lowest BCUT2D eigenvalue weighted by Gasteiger charge is -2.18. The van der Waals surface area contributed by atoms with Gasteiger partial charge in [-0.25, -0.2) is 4.98 Å². The quantitative estimate of drug-likeness (QED) is 0.537. The number of carbonyl (C=O) groups excluding carboxylic acids is 1. The predicted octanol–water partition coefficient (Wildman–Crippen LogP) is 4.99. The number of thiazole rings is 1. The maximum atomic E-state index is 12.6. The number of hydrogen-bond acceptors (Lipinski definition) is 5. The van der Waals surface area contributed by atoms with Gasteiger partial charge in [0.2, 0.25) is 0 Å². The van der Waals surface area contributed by atoms with E-state index in [1.54, 1.807) is 29.5 Å². The van der Waals surface area contributed by atoms with E-state index in [4.69, 9.17) is 9.47 Å². The number of ether oxygens (including phenoxy) is 2. The van der Waals surface area contributed by atoms with Crippen molar-refractivity contribution in [2.24, 2.45) is 0 Å². The maximum absolute atomic E-state index is 12.6. The molecule has 6 heteroatoms. The van der Waals surface area contributed by atoms with Gasteiger partial charge >= 0.3 is 0 Å². The Bertz CT molecular complexity index is 1140. The second-order valence-electron chi connectivity index (χ2n) is 6.38. The van der Waals surface area contributed by atoms with Gasteiger partial charge in [-0.1, -0.05) is 12.1 Å².